The first-order chi connectivity index (χ1) is 7.56. The predicted molar refractivity (Wildman–Crippen MR) is 66.0 cm³/mol. The summed E-state index contributed by atoms with van der Waals surface area (Å²) in [6.45, 7) is 10.1. The molecule has 1 aliphatic heterocycles. The van der Waals surface area contributed by atoms with Gasteiger partial charge in [-0.25, -0.2) is 0 Å². The molecule has 1 spiro atoms. The van der Waals surface area contributed by atoms with E-state index in [0.717, 1.165) is 24.9 Å². The lowest BCUT2D eigenvalue weighted by Crippen LogP contribution is -2.29. The Bertz CT molecular complexity index is 297. The van der Waals surface area contributed by atoms with Gasteiger partial charge in [0.2, 0.25) is 5.91 Å². The van der Waals surface area contributed by atoms with Gasteiger partial charge in [-0.3, -0.25) is 4.79 Å². The highest BCUT2D eigenvalue weighted by molar-refractivity contribution is 5.87. The lowest BCUT2D eigenvalue weighted by molar-refractivity contribution is -0.125. The van der Waals surface area contributed by atoms with Crippen LogP contribution in [-0.2, 0) is 4.79 Å². The molecule has 2 atom stereocenters. The Balaban J connectivity index is 1.98. The molecule has 1 amide bonds. The van der Waals surface area contributed by atoms with Crippen LogP contribution < -0.4 is 0 Å². The van der Waals surface area contributed by atoms with Crippen LogP contribution in [0.2, 0.25) is 0 Å². The van der Waals surface area contributed by atoms with Crippen LogP contribution in [-0.4, -0.2) is 23.9 Å². The van der Waals surface area contributed by atoms with Crippen molar-refractivity contribution in [1.29, 1.82) is 0 Å². The SMILES string of the molecule is C=CC(=O)N1CCC2(CCC(C(C)C)C2)C1. The Labute approximate surface area is 98.7 Å². The Morgan fingerprint density at radius 2 is 2.25 bits per heavy atom. The lowest BCUT2D eigenvalue weighted by atomic mass is 9.83. The molecule has 1 saturated carbocycles. The number of rotatable bonds is 2. The van der Waals surface area contributed by atoms with Crippen LogP contribution in [0.4, 0.5) is 0 Å². The third-order valence-corrected chi connectivity index (χ3v) is 4.61. The molecule has 90 valence electrons. The molecule has 2 rings (SSSR count). The number of amides is 1. The van der Waals surface area contributed by atoms with Crippen molar-refractivity contribution in [3.63, 3.8) is 0 Å². The molecule has 0 aromatic rings. The summed E-state index contributed by atoms with van der Waals surface area (Å²) in [4.78, 5) is 13.6. The molecule has 2 fully saturated rings. The number of likely N-dealkylation sites (tertiary alicyclic amines) is 1. The van der Waals surface area contributed by atoms with Crippen molar-refractivity contribution in [3.05, 3.63) is 12.7 Å². The first-order valence-corrected chi connectivity index (χ1v) is 6.48. The first kappa shape index (κ1) is 11.7. The molecule has 2 unspecified atom stereocenters. The Hall–Kier alpha value is -0.790. The molecule has 1 saturated heterocycles. The highest BCUT2D eigenvalue weighted by Crippen LogP contribution is 2.50. The van der Waals surface area contributed by atoms with Gasteiger partial charge in [0.05, 0.1) is 0 Å². The molecule has 16 heavy (non-hydrogen) atoms. The van der Waals surface area contributed by atoms with Crippen LogP contribution in [0.25, 0.3) is 0 Å². The fraction of sp³-hybridized carbons (Fsp3) is 0.786. The van der Waals surface area contributed by atoms with Crippen LogP contribution >= 0.6 is 0 Å². The van der Waals surface area contributed by atoms with E-state index in [9.17, 15) is 4.79 Å². The summed E-state index contributed by atoms with van der Waals surface area (Å²) in [6.07, 6.45) is 6.65. The number of hydrogen-bond acceptors (Lipinski definition) is 1. The number of hydrogen-bond donors (Lipinski definition) is 0. The van der Waals surface area contributed by atoms with Gasteiger partial charge >= 0.3 is 0 Å². The van der Waals surface area contributed by atoms with Gasteiger partial charge in [0, 0.05) is 13.1 Å². The van der Waals surface area contributed by atoms with Gasteiger partial charge in [-0.05, 0) is 49.0 Å². The normalized spacial score (nSPS) is 33.9. The van der Waals surface area contributed by atoms with Crippen molar-refractivity contribution in [2.75, 3.05) is 13.1 Å². The van der Waals surface area contributed by atoms with Crippen molar-refractivity contribution < 1.29 is 4.79 Å². The maximum atomic E-state index is 11.6. The highest BCUT2D eigenvalue weighted by atomic mass is 16.2. The molecule has 0 aromatic carbocycles. The summed E-state index contributed by atoms with van der Waals surface area (Å²) in [5, 5.41) is 0. The van der Waals surface area contributed by atoms with E-state index in [1.54, 1.807) is 0 Å². The zero-order valence-electron chi connectivity index (χ0n) is 10.5. The predicted octanol–water partition coefficient (Wildman–Crippen LogP) is 2.85. The Morgan fingerprint density at radius 3 is 2.81 bits per heavy atom. The fourth-order valence-electron chi connectivity index (χ4n) is 3.44. The van der Waals surface area contributed by atoms with Crippen molar-refractivity contribution >= 4 is 5.91 Å². The molecular formula is C14H23NO. The minimum absolute atomic E-state index is 0.116. The second-order valence-electron chi connectivity index (χ2n) is 5.96. The summed E-state index contributed by atoms with van der Waals surface area (Å²) in [5.41, 5.74) is 0.452. The average molecular weight is 221 g/mol. The van der Waals surface area contributed by atoms with Gasteiger partial charge in [0.1, 0.15) is 0 Å². The molecule has 2 aliphatic rings. The van der Waals surface area contributed by atoms with E-state index < -0.39 is 0 Å². The van der Waals surface area contributed by atoms with E-state index in [-0.39, 0.29) is 5.91 Å². The van der Waals surface area contributed by atoms with Gasteiger partial charge in [-0.2, -0.15) is 0 Å². The smallest absolute Gasteiger partial charge is 0.245 e. The Morgan fingerprint density at radius 1 is 1.50 bits per heavy atom. The van der Waals surface area contributed by atoms with Crippen LogP contribution in [0.1, 0.15) is 39.5 Å². The lowest BCUT2D eigenvalue weighted by Gasteiger charge is -2.24. The molecular weight excluding hydrogens is 198 g/mol. The van der Waals surface area contributed by atoms with E-state index in [1.165, 1.54) is 31.8 Å². The molecule has 0 radical (unpaired) electrons. The van der Waals surface area contributed by atoms with E-state index >= 15 is 0 Å². The third-order valence-electron chi connectivity index (χ3n) is 4.61. The van der Waals surface area contributed by atoms with Gasteiger partial charge < -0.3 is 4.90 Å². The van der Waals surface area contributed by atoms with Gasteiger partial charge in [-0.1, -0.05) is 20.4 Å². The topological polar surface area (TPSA) is 20.3 Å². The quantitative estimate of drug-likeness (QED) is 0.657. The first-order valence-electron chi connectivity index (χ1n) is 6.48. The van der Waals surface area contributed by atoms with Gasteiger partial charge in [0.25, 0.3) is 0 Å². The van der Waals surface area contributed by atoms with Gasteiger partial charge in [0.15, 0.2) is 0 Å². The Kier molecular flexibility index (Phi) is 3.09. The summed E-state index contributed by atoms with van der Waals surface area (Å²) < 4.78 is 0. The summed E-state index contributed by atoms with van der Waals surface area (Å²) >= 11 is 0. The summed E-state index contributed by atoms with van der Waals surface area (Å²) in [7, 11) is 0. The minimum Gasteiger partial charge on any atom is -0.339 e. The van der Waals surface area contributed by atoms with E-state index in [0.29, 0.717) is 5.41 Å². The number of nitrogens with zero attached hydrogens (tertiary/aromatic N) is 1. The van der Waals surface area contributed by atoms with E-state index in [2.05, 4.69) is 20.4 Å². The molecule has 2 nitrogen and oxygen atoms in total. The molecule has 0 bridgehead atoms. The van der Waals surface area contributed by atoms with Crippen LogP contribution in [0.15, 0.2) is 12.7 Å². The molecule has 0 aromatic heterocycles. The van der Waals surface area contributed by atoms with Crippen LogP contribution in [0.3, 0.4) is 0 Å². The molecule has 1 aliphatic carbocycles. The van der Waals surface area contributed by atoms with Gasteiger partial charge in [-0.15, -0.1) is 0 Å². The fourth-order valence-corrected chi connectivity index (χ4v) is 3.44. The third kappa shape index (κ3) is 2.02. The molecule has 0 N–H and O–H groups in total. The highest BCUT2D eigenvalue weighted by Gasteiger charge is 2.45. The second kappa shape index (κ2) is 4.23. The van der Waals surface area contributed by atoms with E-state index in [1.807, 2.05) is 4.90 Å². The maximum Gasteiger partial charge on any atom is 0.245 e. The monoisotopic (exact) mass is 221 g/mol. The largest absolute Gasteiger partial charge is 0.339 e. The number of carbonyl (C=O) groups excluding carboxylic acids is 1. The van der Waals surface area contributed by atoms with E-state index in [4.69, 9.17) is 0 Å². The van der Waals surface area contributed by atoms with Crippen molar-refractivity contribution in [2.24, 2.45) is 17.3 Å². The standard InChI is InChI=1S/C14H23NO/c1-4-13(16)15-8-7-14(10-15)6-5-12(9-14)11(2)3/h4,11-12H,1,5-10H2,2-3H3. The van der Waals surface area contributed by atoms with Crippen molar-refractivity contribution in [1.82, 2.24) is 4.90 Å². The van der Waals surface area contributed by atoms with Crippen LogP contribution in [0.5, 0.6) is 0 Å². The zero-order chi connectivity index (χ0) is 11.8. The molecule has 1 heterocycles. The summed E-state index contributed by atoms with van der Waals surface area (Å²) in [5.74, 6) is 1.78. The van der Waals surface area contributed by atoms with Crippen molar-refractivity contribution in [2.45, 2.75) is 39.5 Å². The van der Waals surface area contributed by atoms with Crippen molar-refractivity contribution in [3.8, 4) is 0 Å². The number of carbonyl (C=O) groups is 1. The van der Waals surface area contributed by atoms with Crippen LogP contribution in [0, 0.1) is 17.3 Å². The average Bonchev–Trinajstić information content (AvgIpc) is 2.86. The summed E-state index contributed by atoms with van der Waals surface area (Å²) in [6, 6.07) is 0. The maximum absolute atomic E-state index is 11.6. The molecule has 2 heteroatoms. The zero-order valence-corrected chi connectivity index (χ0v) is 10.5. The second-order valence-corrected chi connectivity index (χ2v) is 5.96. The minimum atomic E-state index is 0.116.